The lowest BCUT2D eigenvalue weighted by atomic mass is 9.70. The lowest BCUT2D eigenvalue weighted by Crippen LogP contribution is -2.25. The van der Waals surface area contributed by atoms with E-state index in [-0.39, 0.29) is 11.3 Å². The summed E-state index contributed by atoms with van der Waals surface area (Å²) in [4.78, 5) is 0. The molecule has 3 aliphatic carbocycles. The summed E-state index contributed by atoms with van der Waals surface area (Å²) in [5.74, 6) is 0.0675. The lowest BCUT2D eigenvalue weighted by Gasteiger charge is -2.30. The van der Waals surface area contributed by atoms with Crippen LogP contribution < -0.4 is 0 Å². The summed E-state index contributed by atoms with van der Waals surface area (Å²) in [6.07, 6.45) is 0.978. The largest absolute Gasteiger partial charge is 0.0725 e. The fraction of sp³-hybridized carbons (Fsp3) is 0.0476. The molecule has 10 aromatic carbocycles. The Labute approximate surface area is 369 Å². The molecule has 63 heavy (non-hydrogen) atoms. The monoisotopic (exact) mass is 798 g/mol. The van der Waals surface area contributed by atoms with Crippen molar-refractivity contribution in [3.05, 3.63) is 287 Å². The molecule has 0 bridgehead atoms. The van der Waals surface area contributed by atoms with Crippen LogP contribution in [0.2, 0.25) is 0 Å². The third-order valence-corrected chi connectivity index (χ3v) is 14.3. The van der Waals surface area contributed by atoms with Crippen molar-refractivity contribution < 1.29 is 0 Å². The maximum Gasteiger partial charge on any atom is 0.0725 e. The van der Waals surface area contributed by atoms with E-state index in [0.717, 1.165) is 6.42 Å². The summed E-state index contributed by atoms with van der Waals surface area (Å²) in [6.45, 7) is 0. The summed E-state index contributed by atoms with van der Waals surface area (Å²) in [5, 5.41) is 0. The van der Waals surface area contributed by atoms with Crippen LogP contribution in [0.3, 0.4) is 0 Å². The third kappa shape index (κ3) is 5.41. The van der Waals surface area contributed by atoms with E-state index < -0.39 is 0 Å². The number of hydrogen-bond acceptors (Lipinski definition) is 0. The Kier molecular flexibility index (Phi) is 8.05. The molecule has 0 saturated carbocycles. The molecule has 1 unspecified atom stereocenters. The minimum Gasteiger partial charge on any atom is -0.0622 e. The van der Waals surface area contributed by atoms with Crippen LogP contribution in [0.4, 0.5) is 0 Å². The molecule has 0 radical (unpaired) electrons. The molecule has 0 heteroatoms. The molecular weight excluding hydrogens is 757 g/mol. The molecule has 0 fully saturated rings. The Balaban J connectivity index is 0.886. The summed E-state index contributed by atoms with van der Waals surface area (Å²) >= 11 is 0. The highest BCUT2D eigenvalue weighted by Gasteiger charge is 2.51. The van der Waals surface area contributed by atoms with Crippen LogP contribution in [0.5, 0.6) is 0 Å². The topological polar surface area (TPSA) is 0 Å². The summed E-state index contributed by atoms with van der Waals surface area (Å²) < 4.78 is 0. The molecule has 13 rings (SSSR count). The van der Waals surface area contributed by atoms with Gasteiger partial charge < -0.3 is 0 Å². The van der Waals surface area contributed by atoms with Gasteiger partial charge in [0.05, 0.1) is 5.41 Å². The van der Waals surface area contributed by atoms with E-state index in [4.69, 9.17) is 0 Å². The Bertz CT molecular complexity index is 3340. The number of hydrogen-bond donors (Lipinski definition) is 0. The number of fused-ring (bicyclic) bond motifs is 13. The zero-order valence-corrected chi connectivity index (χ0v) is 34.8. The minimum absolute atomic E-state index is 0.0675. The van der Waals surface area contributed by atoms with Crippen molar-refractivity contribution in [2.45, 2.75) is 17.8 Å². The summed E-state index contributed by atoms with van der Waals surface area (Å²) in [5.41, 5.74) is 27.4. The molecule has 0 aromatic heterocycles. The molecule has 0 nitrogen and oxygen atoms in total. The van der Waals surface area contributed by atoms with Crippen LogP contribution in [-0.4, -0.2) is 0 Å². The van der Waals surface area contributed by atoms with Crippen molar-refractivity contribution in [2.75, 3.05) is 0 Å². The van der Waals surface area contributed by atoms with Crippen LogP contribution in [0.1, 0.15) is 56.0 Å². The second-order valence-corrected chi connectivity index (χ2v) is 17.5. The lowest BCUT2D eigenvalue weighted by molar-refractivity contribution is 0.794. The van der Waals surface area contributed by atoms with Gasteiger partial charge in [0.25, 0.3) is 0 Å². The van der Waals surface area contributed by atoms with Crippen molar-refractivity contribution >= 4 is 0 Å². The summed E-state index contributed by atoms with van der Waals surface area (Å²) in [6, 6.07) is 88.6. The smallest absolute Gasteiger partial charge is 0.0622 e. The second-order valence-electron chi connectivity index (χ2n) is 17.5. The normalized spacial score (nSPS) is 13.7. The quantitative estimate of drug-likeness (QED) is 0.147. The first-order valence-corrected chi connectivity index (χ1v) is 22.2. The van der Waals surface area contributed by atoms with Crippen molar-refractivity contribution in [1.82, 2.24) is 0 Å². The van der Waals surface area contributed by atoms with E-state index in [1.807, 2.05) is 0 Å². The molecule has 10 aromatic rings. The van der Waals surface area contributed by atoms with E-state index in [1.165, 1.54) is 117 Å². The van der Waals surface area contributed by atoms with Gasteiger partial charge in [-0.15, -0.1) is 0 Å². The van der Waals surface area contributed by atoms with Crippen molar-refractivity contribution in [3.8, 4) is 66.8 Å². The van der Waals surface area contributed by atoms with E-state index >= 15 is 0 Å². The predicted molar refractivity (Wildman–Crippen MR) is 261 cm³/mol. The van der Waals surface area contributed by atoms with Crippen LogP contribution in [0.25, 0.3) is 66.8 Å². The van der Waals surface area contributed by atoms with Gasteiger partial charge in [-0.05, 0) is 129 Å². The van der Waals surface area contributed by atoms with E-state index in [0.29, 0.717) is 0 Å². The zero-order valence-electron chi connectivity index (χ0n) is 34.8. The minimum atomic E-state index is -0.327. The van der Waals surface area contributed by atoms with E-state index in [2.05, 4.69) is 237 Å². The number of rotatable bonds is 6. The first kappa shape index (κ1) is 35.9. The zero-order chi connectivity index (χ0) is 41.5. The second kappa shape index (κ2) is 14.1. The Morgan fingerprint density at radius 1 is 0.270 bits per heavy atom. The molecule has 1 spiro atoms. The highest BCUT2D eigenvalue weighted by molar-refractivity contribution is 5.96. The van der Waals surface area contributed by atoms with Gasteiger partial charge in [0, 0.05) is 5.92 Å². The fourth-order valence-electron chi connectivity index (χ4n) is 11.5. The Morgan fingerprint density at radius 2 is 0.683 bits per heavy atom. The molecule has 3 aliphatic rings. The number of benzene rings is 10. The standard InChI is InChI=1S/C63H42/c1-2-13-41(14-3-1)42-25-31-45(32-26-42)62(47-35-29-44(30-36-47)50-20-12-21-52-51-16-5-4-15-49(51)40-56(50)52)46-33-27-43(28-34-46)48-37-38-61-57(39-48)55-19-8-11-24-60(55)63(61)58-22-9-6-17-53(58)54-18-7-10-23-59(54)63/h1-39,62H,40H2. The van der Waals surface area contributed by atoms with Crippen molar-refractivity contribution in [2.24, 2.45) is 0 Å². The van der Waals surface area contributed by atoms with Gasteiger partial charge in [-0.3, -0.25) is 0 Å². The van der Waals surface area contributed by atoms with Gasteiger partial charge >= 0.3 is 0 Å². The van der Waals surface area contributed by atoms with Crippen molar-refractivity contribution in [3.63, 3.8) is 0 Å². The van der Waals surface area contributed by atoms with Gasteiger partial charge in [0.1, 0.15) is 0 Å². The summed E-state index contributed by atoms with van der Waals surface area (Å²) in [7, 11) is 0. The van der Waals surface area contributed by atoms with Crippen LogP contribution >= 0.6 is 0 Å². The average Bonchev–Trinajstić information content (AvgIpc) is 3.99. The first-order valence-electron chi connectivity index (χ1n) is 22.2. The molecule has 0 amide bonds. The first-order chi connectivity index (χ1) is 31.2. The molecule has 1 atom stereocenters. The van der Waals surface area contributed by atoms with Crippen LogP contribution in [0, 0.1) is 0 Å². The highest BCUT2D eigenvalue weighted by atomic mass is 14.5. The third-order valence-electron chi connectivity index (χ3n) is 14.3. The fourth-order valence-corrected chi connectivity index (χ4v) is 11.5. The van der Waals surface area contributed by atoms with Gasteiger partial charge in [-0.25, -0.2) is 0 Å². The maximum atomic E-state index is 2.44. The molecule has 0 heterocycles. The Morgan fingerprint density at radius 3 is 1.29 bits per heavy atom. The maximum absolute atomic E-state index is 2.44. The predicted octanol–water partition coefficient (Wildman–Crippen LogP) is 15.8. The van der Waals surface area contributed by atoms with Crippen molar-refractivity contribution in [1.29, 1.82) is 0 Å². The SMILES string of the molecule is c1ccc(-c2ccc(C(c3ccc(-c4ccc5c(c4)-c4ccccc4C54c5ccccc5-c5ccccc54)cc3)c3ccc(-c4cccc5c4Cc4ccccc4-5)cc3)cc2)cc1. The van der Waals surface area contributed by atoms with Crippen LogP contribution in [-0.2, 0) is 11.8 Å². The van der Waals surface area contributed by atoms with Gasteiger partial charge in [0.15, 0.2) is 0 Å². The molecule has 0 saturated heterocycles. The highest BCUT2D eigenvalue weighted by Crippen LogP contribution is 2.63. The molecule has 0 aliphatic heterocycles. The van der Waals surface area contributed by atoms with E-state index in [9.17, 15) is 0 Å². The Hall–Kier alpha value is -7.80. The molecule has 294 valence electrons. The van der Waals surface area contributed by atoms with Gasteiger partial charge in [-0.1, -0.05) is 231 Å². The molecular formula is C63H42. The van der Waals surface area contributed by atoms with Gasteiger partial charge in [-0.2, -0.15) is 0 Å². The average molecular weight is 799 g/mol. The molecule has 0 N–H and O–H groups in total. The van der Waals surface area contributed by atoms with Crippen LogP contribution in [0.15, 0.2) is 237 Å². The van der Waals surface area contributed by atoms with Gasteiger partial charge in [0.2, 0.25) is 0 Å². The van der Waals surface area contributed by atoms with E-state index in [1.54, 1.807) is 0 Å².